The molecule has 35 heavy (non-hydrogen) atoms. The first-order chi connectivity index (χ1) is 17.1. The Morgan fingerprint density at radius 2 is 1.77 bits per heavy atom. The van der Waals surface area contributed by atoms with Gasteiger partial charge in [0.2, 0.25) is 11.6 Å². The molecule has 0 saturated heterocycles. The van der Waals surface area contributed by atoms with Crippen molar-refractivity contribution in [2.75, 3.05) is 18.0 Å². The normalized spacial score (nSPS) is 13.9. The summed E-state index contributed by atoms with van der Waals surface area (Å²) < 4.78 is 0. The van der Waals surface area contributed by atoms with Gasteiger partial charge in [-0.25, -0.2) is 15.0 Å². The van der Waals surface area contributed by atoms with Crippen LogP contribution < -0.4 is 4.90 Å². The Morgan fingerprint density at radius 3 is 2.54 bits per heavy atom. The Hall–Kier alpha value is -3.91. The van der Waals surface area contributed by atoms with Gasteiger partial charge in [0, 0.05) is 29.7 Å². The van der Waals surface area contributed by atoms with Gasteiger partial charge in [-0.1, -0.05) is 38.1 Å². The fraction of sp³-hybridized carbons (Fsp3) is 0.296. The molecule has 0 spiro atoms. The van der Waals surface area contributed by atoms with Gasteiger partial charge in [-0.15, -0.1) is 9.89 Å². The van der Waals surface area contributed by atoms with E-state index < -0.39 is 0 Å². The van der Waals surface area contributed by atoms with Crippen molar-refractivity contribution >= 4 is 33.7 Å². The molecule has 0 aliphatic carbocycles. The van der Waals surface area contributed by atoms with Crippen molar-refractivity contribution < 1.29 is 5.11 Å². The molecule has 0 atom stereocenters. The van der Waals surface area contributed by atoms with E-state index in [1.165, 1.54) is 4.79 Å². The number of nitrogens with zero attached hydrogens (tertiary/aromatic N) is 7. The van der Waals surface area contributed by atoms with E-state index in [4.69, 9.17) is 15.0 Å². The van der Waals surface area contributed by atoms with Crippen LogP contribution in [0.1, 0.15) is 45.0 Å². The summed E-state index contributed by atoms with van der Waals surface area (Å²) in [4.78, 5) is 18.1. The molecule has 0 radical (unpaired) electrons. The minimum atomic E-state index is -0.0960. The number of aliphatic hydroxyl groups is 1. The van der Waals surface area contributed by atoms with Gasteiger partial charge in [0.15, 0.2) is 0 Å². The highest BCUT2D eigenvalue weighted by Crippen LogP contribution is 2.28. The zero-order valence-corrected chi connectivity index (χ0v) is 20.3. The van der Waals surface area contributed by atoms with Crippen LogP contribution in [0.4, 0.5) is 11.4 Å². The van der Waals surface area contributed by atoms with Crippen molar-refractivity contribution in [3.05, 3.63) is 66.0 Å². The molecule has 8 nitrogen and oxygen atoms in total. The summed E-state index contributed by atoms with van der Waals surface area (Å²) in [6.45, 7) is 8.10. The number of hydrogen-bond acceptors (Lipinski definition) is 7. The molecule has 3 heterocycles. The highest BCUT2D eigenvalue weighted by atomic mass is 16.3. The number of benzene rings is 2. The topological polar surface area (TPSA) is 91.8 Å². The number of para-hydroxylation sites is 1. The average Bonchev–Trinajstić information content (AvgIpc) is 3.41. The van der Waals surface area contributed by atoms with Gasteiger partial charge >= 0.3 is 0 Å². The van der Waals surface area contributed by atoms with Crippen LogP contribution in [-0.4, -0.2) is 49.5 Å². The summed E-state index contributed by atoms with van der Waals surface area (Å²) in [5.41, 5.74) is 5.53. The molecular formula is C27H29N7O. The maximum atomic E-state index is 10.1. The van der Waals surface area contributed by atoms with Crippen LogP contribution in [0.15, 0.2) is 64.7 Å². The van der Waals surface area contributed by atoms with E-state index in [1.54, 1.807) is 0 Å². The Bertz CT molecular complexity index is 1430. The van der Waals surface area contributed by atoms with E-state index in [9.17, 15) is 5.11 Å². The second kappa shape index (κ2) is 9.76. The van der Waals surface area contributed by atoms with Gasteiger partial charge in [0.25, 0.3) is 0 Å². The highest BCUT2D eigenvalue weighted by molar-refractivity contribution is 6.48. The quantitative estimate of drug-likeness (QED) is 0.395. The molecule has 0 unspecified atom stereocenters. The van der Waals surface area contributed by atoms with Crippen LogP contribution in [0, 0.1) is 0 Å². The second-order valence-corrected chi connectivity index (χ2v) is 8.64. The zero-order valence-electron chi connectivity index (χ0n) is 20.3. The van der Waals surface area contributed by atoms with Gasteiger partial charge in [-0.05, 0) is 50.1 Å². The molecule has 0 bridgehead atoms. The summed E-state index contributed by atoms with van der Waals surface area (Å²) in [6, 6.07) is 18.0. The molecule has 0 fully saturated rings. The molecule has 0 amide bonds. The van der Waals surface area contributed by atoms with Crippen molar-refractivity contribution in [1.29, 1.82) is 0 Å². The molecule has 1 aliphatic heterocycles. The molecule has 4 aromatic rings. The van der Waals surface area contributed by atoms with Crippen LogP contribution >= 0.6 is 0 Å². The Kier molecular flexibility index (Phi) is 6.37. The van der Waals surface area contributed by atoms with Gasteiger partial charge in [0.1, 0.15) is 11.4 Å². The van der Waals surface area contributed by atoms with Crippen LogP contribution in [0.25, 0.3) is 22.4 Å². The third kappa shape index (κ3) is 4.44. The number of hydrogen-bond donors (Lipinski definition) is 1. The molecule has 5 rings (SSSR count). The van der Waals surface area contributed by atoms with Crippen LogP contribution in [0.2, 0.25) is 0 Å². The number of aliphatic hydroxyl groups excluding tert-OH is 1. The number of aliphatic imine (C=N–C) groups is 1. The monoisotopic (exact) mass is 467 g/mol. The summed E-state index contributed by atoms with van der Waals surface area (Å²) >= 11 is 0. The van der Waals surface area contributed by atoms with E-state index in [0.717, 1.165) is 53.8 Å². The van der Waals surface area contributed by atoms with Crippen molar-refractivity contribution in [1.82, 2.24) is 19.9 Å². The number of fused-ring (bicyclic) bond motifs is 2. The molecule has 2 aromatic heterocycles. The van der Waals surface area contributed by atoms with Crippen LogP contribution in [0.5, 0.6) is 0 Å². The summed E-state index contributed by atoms with van der Waals surface area (Å²) in [5, 5.41) is 20.2. The molecular weight excluding hydrogens is 438 g/mol. The molecule has 8 heteroatoms. The minimum Gasteiger partial charge on any atom is -0.392 e. The Morgan fingerprint density at radius 1 is 0.971 bits per heavy atom. The van der Waals surface area contributed by atoms with Gasteiger partial charge < -0.3 is 10.0 Å². The second-order valence-electron chi connectivity index (χ2n) is 8.64. The Balaban J connectivity index is 1.50. The Labute approximate surface area is 204 Å². The molecule has 0 saturated carbocycles. The average molecular weight is 468 g/mol. The lowest BCUT2D eigenvalue weighted by Crippen LogP contribution is -2.24. The van der Waals surface area contributed by atoms with Crippen molar-refractivity contribution in [2.24, 2.45) is 10.1 Å². The maximum absolute atomic E-state index is 10.1. The third-order valence-corrected chi connectivity index (χ3v) is 6.04. The fourth-order valence-corrected chi connectivity index (χ4v) is 4.34. The van der Waals surface area contributed by atoms with Crippen molar-refractivity contribution in [2.45, 2.75) is 40.2 Å². The first-order valence-corrected chi connectivity index (χ1v) is 12.1. The number of rotatable bonds is 8. The zero-order chi connectivity index (χ0) is 24.4. The lowest BCUT2D eigenvalue weighted by Gasteiger charge is -2.24. The number of aromatic nitrogens is 4. The lowest BCUT2D eigenvalue weighted by atomic mass is 10.1. The van der Waals surface area contributed by atoms with Crippen molar-refractivity contribution in [3.63, 3.8) is 0 Å². The first kappa shape index (κ1) is 22.9. The standard InChI is InChI=1S/C27H29N7O/c1-4-14-33(15-5-2)21-11-13-23(20(16-21)17-35)29-25-18(3)31-34-27(25)30-26(32-34)24-12-10-19-8-6-7-9-22(19)28-24/h6-13,16,35H,4-5,14-15,17H2,1-3H3. The van der Waals surface area contributed by atoms with E-state index in [-0.39, 0.29) is 6.61 Å². The van der Waals surface area contributed by atoms with E-state index in [0.29, 0.717) is 28.7 Å². The summed E-state index contributed by atoms with van der Waals surface area (Å²) in [6.07, 6.45) is 2.14. The number of pyridine rings is 1. The lowest BCUT2D eigenvalue weighted by molar-refractivity contribution is 0.282. The first-order valence-electron chi connectivity index (χ1n) is 12.1. The predicted octanol–water partition coefficient (Wildman–Crippen LogP) is 4.97. The van der Waals surface area contributed by atoms with Gasteiger partial charge in [-0.2, -0.15) is 5.10 Å². The SMILES string of the molecule is CCCN(CCC)c1ccc(N=C2C(C)=Nn3nc(-c4ccc5ccccc5n4)nc32)c(CO)c1. The van der Waals surface area contributed by atoms with Crippen LogP contribution in [-0.2, 0) is 6.61 Å². The van der Waals surface area contributed by atoms with E-state index >= 15 is 0 Å². The smallest absolute Gasteiger partial charge is 0.204 e. The molecule has 1 aliphatic rings. The van der Waals surface area contributed by atoms with Gasteiger partial charge in [0.05, 0.1) is 23.5 Å². The molecule has 1 N–H and O–H groups in total. The minimum absolute atomic E-state index is 0.0960. The van der Waals surface area contributed by atoms with Crippen LogP contribution in [0.3, 0.4) is 0 Å². The van der Waals surface area contributed by atoms with E-state index in [1.807, 2.05) is 55.5 Å². The van der Waals surface area contributed by atoms with Crippen molar-refractivity contribution in [3.8, 4) is 11.5 Å². The predicted molar refractivity (Wildman–Crippen MR) is 141 cm³/mol. The van der Waals surface area contributed by atoms with Gasteiger partial charge in [-0.3, -0.25) is 0 Å². The number of anilines is 1. The fourth-order valence-electron chi connectivity index (χ4n) is 4.34. The van der Waals surface area contributed by atoms with E-state index in [2.05, 4.69) is 35.0 Å². The molecule has 178 valence electrons. The highest BCUT2D eigenvalue weighted by Gasteiger charge is 2.26. The summed E-state index contributed by atoms with van der Waals surface area (Å²) in [5.74, 6) is 1.07. The maximum Gasteiger partial charge on any atom is 0.204 e. The largest absolute Gasteiger partial charge is 0.392 e. The summed E-state index contributed by atoms with van der Waals surface area (Å²) in [7, 11) is 0. The third-order valence-electron chi connectivity index (χ3n) is 6.04. The molecule has 2 aromatic carbocycles.